The van der Waals surface area contributed by atoms with Crippen LogP contribution >= 0.6 is 0 Å². The Labute approximate surface area is 96.2 Å². The van der Waals surface area contributed by atoms with Crippen LogP contribution in [0.2, 0.25) is 0 Å². The average molecular weight is 221 g/mol. The van der Waals surface area contributed by atoms with Crippen LogP contribution in [-0.4, -0.2) is 16.1 Å². The molecule has 0 aromatic carbocycles. The summed E-state index contributed by atoms with van der Waals surface area (Å²) in [6.45, 7) is 1.90. The lowest BCUT2D eigenvalue weighted by molar-refractivity contribution is 0.176. The number of anilines is 1. The highest BCUT2D eigenvalue weighted by Crippen LogP contribution is 2.22. The van der Waals surface area contributed by atoms with E-state index in [1.807, 2.05) is 13.0 Å². The van der Waals surface area contributed by atoms with Gasteiger partial charge in [0, 0.05) is 11.8 Å². The number of nitrogens with zero attached hydrogens (tertiary/aromatic N) is 2. The molecule has 0 bridgehead atoms. The summed E-state index contributed by atoms with van der Waals surface area (Å²) in [7, 11) is 0. The molecule has 4 nitrogen and oxygen atoms in total. The first-order valence-corrected chi connectivity index (χ1v) is 6.02. The molecule has 0 aliphatic heterocycles. The third kappa shape index (κ3) is 3.08. The van der Waals surface area contributed by atoms with Crippen LogP contribution < -0.4 is 10.5 Å². The van der Waals surface area contributed by atoms with Gasteiger partial charge in [0.2, 0.25) is 11.8 Å². The molecule has 1 aromatic rings. The molecule has 16 heavy (non-hydrogen) atoms. The predicted molar refractivity (Wildman–Crippen MR) is 63.3 cm³/mol. The van der Waals surface area contributed by atoms with E-state index >= 15 is 0 Å². The summed E-state index contributed by atoms with van der Waals surface area (Å²) in [6, 6.07) is 1.85. The minimum Gasteiger partial charge on any atom is -0.474 e. The second kappa shape index (κ2) is 5.14. The van der Waals surface area contributed by atoms with Crippen LogP contribution in [0, 0.1) is 6.92 Å². The molecule has 1 saturated carbocycles. The van der Waals surface area contributed by atoms with Crippen LogP contribution in [0.3, 0.4) is 0 Å². The topological polar surface area (TPSA) is 61.0 Å². The molecule has 4 heteroatoms. The first kappa shape index (κ1) is 11.2. The van der Waals surface area contributed by atoms with Crippen molar-refractivity contribution in [2.75, 3.05) is 5.73 Å². The minimum absolute atomic E-state index is 0.295. The van der Waals surface area contributed by atoms with Gasteiger partial charge in [-0.2, -0.15) is 4.98 Å². The zero-order valence-electron chi connectivity index (χ0n) is 9.78. The molecule has 1 aliphatic carbocycles. The normalized spacial score (nSPS) is 18.1. The summed E-state index contributed by atoms with van der Waals surface area (Å²) in [4.78, 5) is 8.14. The number of hydrogen-bond donors (Lipinski definition) is 1. The zero-order chi connectivity index (χ0) is 11.4. The Morgan fingerprint density at radius 3 is 2.50 bits per heavy atom. The first-order valence-electron chi connectivity index (χ1n) is 6.02. The van der Waals surface area contributed by atoms with Gasteiger partial charge < -0.3 is 10.5 Å². The molecule has 1 fully saturated rings. The van der Waals surface area contributed by atoms with Gasteiger partial charge in [0.1, 0.15) is 6.10 Å². The van der Waals surface area contributed by atoms with Gasteiger partial charge in [-0.25, -0.2) is 4.98 Å². The highest BCUT2D eigenvalue weighted by Gasteiger charge is 2.14. The van der Waals surface area contributed by atoms with Crippen LogP contribution in [0.1, 0.15) is 44.2 Å². The molecule has 0 atom stereocenters. The Balaban J connectivity index is 2.01. The molecule has 1 heterocycles. The van der Waals surface area contributed by atoms with E-state index < -0.39 is 0 Å². The maximum atomic E-state index is 5.87. The van der Waals surface area contributed by atoms with Crippen LogP contribution in [0.4, 0.5) is 5.95 Å². The fraction of sp³-hybridized carbons (Fsp3) is 0.667. The van der Waals surface area contributed by atoms with Gasteiger partial charge in [-0.3, -0.25) is 0 Å². The number of rotatable bonds is 2. The third-order valence-corrected chi connectivity index (χ3v) is 2.94. The van der Waals surface area contributed by atoms with E-state index in [4.69, 9.17) is 10.5 Å². The van der Waals surface area contributed by atoms with E-state index in [9.17, 15) is 0 Å². The van der Waals surface area contributed by atoms with Crippen molar-refractivity contribution in [3.05, 3.63) is 11.8 Å². The van der Waals surface area contributed by atoms with Crippen LogP contribution in [-0.2, 0) is 0 Å². The van der Waals surface area contributed by atoms with Gasteiger partial charge in [-0.15, -0.1) is 0 Å². The largest absolute Gasteiger partial charge is 0.474 e. The van der Waals surface area contributed by atoms with Crippen molar-refractivity contribution < 1.29 is 4.74 Å². The number of ether oxygens (including phenoxy) is 1. The van der Waals surface area contributed by atoms with Crippen molar-refractivity contribution in [2.45, 2.75) is 51.6 Å². The van der Waals surface area contributed by atoms with E-state index in [0.717, 1.165) is 18.5 Å². The number of hydrogen-bond acceptors (Lipinski definition) is 4. The lowest BCUT2D eigenvalue weighted by Gasteiger charge is -2.16. The Morgan fingerprint density at radius 1 is 1.19 bits per heavy atom. The number of aromatic nitrogens is 2. The highest BCUT2D eigenvalue weighted by atomic mass is 16.5. The number of nitrogens with two attached hydrogens (primary N) is 1. The quantitative estimate of drug-likeness (QED) is 0.779. The molecule has 2 rings (SSSR count). The Morgan fingerprint density at radius 2 is 1.88 bits per heavy atom. The second-order valence-corrected chi connectivity index (χ2v) is 4.44. The molecule has 88 valence electrons. The number of aryl methyl sites for hydroxylation is 1. The van der Waals surface area contributed by atoms with E-state index in [1.54, 1.807) is 0 Å². The van der Waals surface area contributed by atoms with Crippen molar-refractivity contribution in [2.24, 2.45) is 0 Å². The lowest BCUT2D eigenvalue weighted by atomic mass is 10.1. The van der Waals surface area contributed by atoms with Gasteiger partial charge in [-0.1, -0.05) is 12.8 Å². The van der Waals surface area contributed by atoms with Crippen LogP contribution in [0.5, 0.6) is 5.88 Å². The Hall–Kier alpha value is -1.32. The summed E-state index contributed by atoms with van der Waals surface area (Å²) < 4.78 is 5.87. The van der Waals surface area contributed by atoms with Gasteiger partial charge >= 0.3 is 0 Å². The van der Waals surface area contributed by atoms with E-state index in [-0.39, 0.29) is 0 Å². The van der Waals surface area contributed by atoms with E-state index in [0.29, 0.717) is 17.9 Å². The van der Waals surface area contributed by atoms with Crippen LogP contribution in [0.15, 0.2) is 6.07 Å². The smallest absolute Gasteiger partial charge is 0.223 e. The van der Waals surface area contributed by atoms with Gasteiger partial charge in [0.15, 0.2) is 0 Å². The molecule has 0 radical (unpaired) electrons. The SMILES string of the molecule is Cc1cc(OC2CCCCCC2)nc(N)n1. The van der Waals surface area contributed by atoms with Crippen LogP contribution in [0.25, 0.3) is 0 Å². The lowest BCUT2D eigenvalue weighted by Crippen LogP contribution is -2.16. The van der Waals surface area contributed by atoms with Gasteiger partial charge in [0.05, 0.1) is 0 Å². The third-order valence-electron chi connectivity index (χ3n) is 2.94. The maximum Gasteiger partial charge on any atom is 0.223 e. The number of nitrogen functional groups attached to an aromatic ring is 1. The summed E-state index contributed by atoms with van der Waals surface area (Å²) in [6.07, 6.45) is 7.71. The molecular formula is C12H19N3O. The molecule has 0 saturated heterocycles. The molecule has 0 amide bonds. The summed E-state index contributed by atoms with van der Waals surface area (Å²) >= 11 is 0. The van der Waals surface area contributed by atoms with E-state index in [2.05, 4.69) is 9.97 Å². The standard InChI is InChI=1S/C12H19N3O/c1-9-8-11(15-12(13)14-9)16-10-6-4-2-3-5-7-10/h8,10H,2-7H2,1H3,(H2,13,14,15). The van der Waals surface area contributed by atoms with Crippen molar-refractivity contribution in [1.82, 2.24) is 9.97 Å². The van der Waals surface area contributed by atoms with Gasteiger partial charge in [-0.05, 0) is 32.6 Å². The summed E-state index contributed by atoms with van der Waals surface area (Å²) in [5, 5.41) is 0. The van der Waals surface area contributed by atoms with Crippen molar-refractivity contribution >= 4 is 5.95 Å². The average Bonchev–Trinajstić information content (AvgIpc) is 2.44. The fourth-order valence-corrected chi connectivity index (χ4v) is 2.15. The summed E-state index contributed by atoms with van der Waals surface area (Å²) in [5.74, 6) is 0.917. The monoisotopic (exact) mass is 221 g/mol. The molecule has 0 spiro atoms. The predicted octanol–water partition coefficient (Wildman–Crippen LogP) is 2.47. The van der Waals surface area contributed by atoms with E-state index in [1.165, 1.54) is 25.7 Å². The van der Waals surface area contributed by atoms with Crippen molar-refractivity contribution in [3.63, 3.8) is 0 Å². The molecule has 1 aromatic heterocycles. The van der Waals surface area contributed by atoms with Gasteiger partial charge in [0.25, 0.3) is 0 Å². The molecule has 1 aliphatic rings. The first-order chi connectivity index (χ1) is 7.74. The highest BCUT2D eigenvalue weighted by molar-refractivity contribution is 5.25. The van der Waals surface area contributed by atoms with Crippen molar-refractivity contribution in [3.8, 4) is 5.88 Å². The second-order valence-electron chi connectivity index (χ2n) is 4.44. The molecule has 0 unspecified atom stereocenters. The Kier molecular flexibility index (Phi) is 3.59. The molecular weight excluding hydrogens is 202 g/mol. The zero-order valence-corrected chi connectivity index (χ0v) is 9.78. The maximum absolute atomic E-state index is 5.87. The summed E-state index contributed by atoms with van der Waals surface area (Å²) in [5.41, 5.74) is 6.45. The fourth-order valence-electron chi connectivity index (χ4n) is 2.15. The Bertz CT molecular complexity index is 326. The molecule has 2 N–H and O–H groups in total. The van der Waals surface area contributed by atoms with Crippen molar-refractivity contribution in [1.29, 1.82) is 0 Å². The minimum atomic E-state index is 0.295.